The van der Waals surface area contributed by atoms with Gasteiger partial charge in [-0.05, 0) is 118 Å². The number of benzene rings is 3. The lowest BCUT2D eigenvalue weighted by atomic mass is 9.79. The second-order valence-corrected chi connectivity index (χ2v) is 17.9. The van der Waals surface area contributed by atoms with Gasteiger partial charge in [0.15, 0.2) is 5.75 Å². The fourth-order valence-corrected chi connectivity index (χ4v) is 8.30. The highest BCUT2D eigenvalue weighted by Gasteiger charge is 2.45. The summed E-state index contributed by atoms with van der Waals surface area (Å²) in [5.41, 5.74) is 3.17. The highest BCUT2D eigenvalue weighted by molar-refractivity contribution is 6.37. The Hall–Kier alpha value is -3.70. The van der Waals surface area contributed by atoms with Crippen molar-refractivity contribution >= 4 is 52.8 Å². The predicted molar refractivity (Wildman–Crippen MR) is 227 cm³/mol. The van der Waals surface area contributed by atoms with Gasteiger partial charge in [-0.1, -0.05) is 72.4 Å². The molecule has 1 aliphatic heterocycles. The average molecular weight is 857 g/mol. The minimum atomic E-state index is -0.665. The first-order chi connectivity index (χ1) is 27.7. The van der Waals surface area contributed by atoms with E-state index in [1.165, 1.54) is 0 Å². The van der Waals surface area contributed by atoms with Crippen molar-refractivity contribution in [1.82, 2.24) is 15.1 Å². The topological polar surface area (TPSA) is 107 Å². The molecule has 3 aliphatic rings. The van der Waals surface area contributed by atoms with E-state index in [1.54, 1.807) is 17.0 Å². The number of esters is 1. The van der Waals surface area contributed by atoms with Gasteiger partial charge in [-0.3, -0.25) is 9.59 Å². The van der Waals surface area contributed by atoms with E-state index in [4.69, 9.17) is 53.8 Å². The molecule has 58 heavy (non-hydrogen) atoms. The number of piperidine rings is 1. The fourth-order valence-electron chi connectivity index (χ4n) is 7.42. The number of hydrogen-bond donors (Lipinski definition) is 1. The highest BCUT2D eigenvalue weighted by atomic mass is 35.5. The number of carbonyl (C=O) groups is 3. The quantitative estimate of drug-likeness (QED) is 0.106. The Balaban J connectivity index is 1.13. The normalized spacial score (nSPS) is 20.3. The van der Waals surface area contributed by atoms with E-state index in [-0.39, 0.29) is 55.6 Å². The standard InChI is InChI=1S/C45H56Cl3N3O7/c1-6-7-18-57-43(53)35-24-40(35)49-25-29-8-15-37(46)31(23-29)26-51(32-11-12-32)42(52)36-27-50(44(54)58-45(3,4)5)17-16-34(36)30-9-13-33(14-10-30)55-19-20-56-41-38(47)21-28(2)22-39(41)48/h8-10,13-15,21-23,32,34-36,40,49H,6-7,11-12,16-20,24-27H2,1-5H3. The van der Waals surface area contributed by atoms with Gasteiger partial charge in [0.05, 0.1) is 28.5 Å². The van der Waals surface area contributed by atoms with Gasteiger partial charge >= 0.3 is 12.1 Å². The van der Waals surface area contributed by atoms with Crippen molar-refractivity contribution in [2.45, 2.75) is 110 Å². The summed E-state index contributed by atoms with van der Waals surface area (Å²) in [5, 5.41) is 4.98. The minimum Gasteiger partial charge on any atom is -0.490 e. The van der Waals surface area contributed by atoms with Gasteiger partial charge in [0.25, 0.3) is 0 Å². The third kappa shape index (κ3) is 12.0. The summed E-state index contributed by atoms with van der Waals surface area (Å²) >= 11 is 19.5. The molecule has 13 heteroatoms. The number of carbonyl (C=O) groups excluding carboxylic acids is 3. The van der Waals surface area contributed by atoms with Crippen LogP contribution >= 0.6 is 34.8 Å². The second-order valence-electron chi connectivity index (χ2n) is 16.7. The zero-order valence-electron chi connectivity index (χ0n) is 34.2. The van der Waals surface area contributed by atoms with Crippen molar-refractivity contribution in [2.75, 3.05) is 32.9 Å². The monoisotopic (exact) mass is 855 g/mol. The van der Waals surface area contributed by atoms with Crippen LogP contribution in [0.2, 0.25) is 15.1 Å². The Morgan fingerprint density at radius 2 is 1.59 bits per heavy atom. The van der Waals surface area contributed by atoms with Crippen molar-refractivity contribution in [3.8, 4) is 11.5 Å². The largest absolute Gasteiger partial charge is 0.490 e. The Morgan fingerprint density at radius 3 is 2.26 bits per heavy atom. The smallest absolute Gasteiger partial charge is 0.410 e. The molecule has 3 aromatic rings. The predicted octanol–water partition coefficient (Wildman–Crippen LogP) is 9.77. The highest BCUT2D eigenvalue weighted by Crippen LogP contribution is 2.40. The summed E-state index contributed by atoms with van der Waals surface area (Å²) in [6.45, 7) is 12.1. The van der Waals surface area contributed by atoms with Gasteiger partial charge in [-0.2, -0.15) is 0 Å². The fraction of sp³-hybridized carbons (Fsp3) is 0.533. The van der Waals surface area contributed by atoms with Crippen LogP contribution in [0.1, 0.15) is 94.4 Å². The van der Waals surface area contributed by atoms with Crippen molar-refractivity contribution in [3.63, 3.8) is 0 Å². The van der Waals surface area contributed by atoms with Gasteiger partial charge in [0, 0.05) is 43.3 Å². The van der Waals surface area contributed by atoms with Crippen LogP contribution in [-0.4, -0.2) is 78.4 Å². The SMILES string of the molecule is CCCCOC(=O)C1CC1NCc1ccc(Cl)c(CN(C(=O)C2CN(C(=O)OC(C)(C)C)CCC2c2ccc(OCCOc3c(Cl)cc(C)cc3Cl)cc2)C2CC2)c1. The van der Waals surface area contributed by atoms with E-state index in [1.807, 2.05) is 75.1 Å². The van der Waals surface area contributed by atoms with Gasteiger partial charge in [0.1, 0.15) is 24.6 Å². The number of unbranched alkanes of at least 4 members (excludes halogenated alkanes) is 1. The number of nitrogens with one attached hydrogen (secondary N) is 1. The van der Waals surface area contributed by atoms with Crippen LogP contribution in [0.5, 0.6) is 11.5 Å². The lowest BCUT2D eigenvalue weighted by Gasteiger charge is -2.40. The third-order valence-electron chi connectivity index (χ3n) is 10.8. The molecule has 0 bridgehead atoms. The summed E-state index contributed by atoms with van der Waals surface area (Å²) in [5.74, 6) is 0.208. The number of likely N-dealkylation sites (tertiary alicyclic amines) is 1. The Bertz CT molecular complexity index is 1890. The molecule has 1 N–H and O–H groups in total. The molecule has 3 fully saturated rings. The van der Waals surface area contributed by atoms with Gasteiger partial charge in [-0.15, -0.1) is 0 Å². The lowest BCUT2D eigenvalue weighted by molar-refractivity contribution is -0.145. The molecular formula is C45H56Cl3N3O7. The number of hydrogen-bond acceptors (Lipinski definition) is 8. The molecule has 0 radical (unpaired) electrons. The van der Waals surface area contributed by atoms with E-state index in [0.717, 1.165) is 54.4 Å². The second kappa shape index (κ2) is 19.6. The first-order valence-corrected chi connectivity index (χ1v) is 21.6. The van der Waals surface area contributed by atoms with Gasteiger partial charge in [0.2, 0.25) is 5.91 Å². The maximum Gasteiger partial charge on any atom is 0.410 e. The summed E-state index contributed by atoms with van der Waals surface area (Å²) in [7, 11) is 0. The zero-order valence-corrected chi connectivity index (χ0v) is 36.4. The van der Waals surface area contributed by atoms with Crippen LogP contribution in [0, 0.1) is 18.8 Å². The number of rotatable bonds is 17. The van der Waals surface area contributed by atoms with E-state index in [2.05, 4.69) is 12.2 Å². The van der Waals surface area contributed by atoms with Gasteiger partial charge in [-0.25, -0.2) is 4.79 Å². The van der Waals surface area contributed by atoms with E-state index >= 15 is 0 Å². The summed E-state index contributed by atoms with van der Waals surface area (Å²) in [6.07, 6.45) is 4.62. The van der Waals surface area contributed by atoms with Crippen LogP contribution in [0.15, 0.2) is 54.6 Å². The Morgan fingerprint density at radius 1 is 0.879 bits per heavy atom. The molecular weight excluding hydrogens is 801 g/mol. The molecule has 6 rings (SSSR count). The first kappa shape index (κ1) is 43.9. The van der Waals surface area contributed by atoms with Crippen LogP contribution in [0.25, 0.3) is 0 Å². The zero-order chi connectivity index (χ0) is 41.6. The lowest BCUT2D eigenvalue weighted by Crippen LogP contribution is -2.51. The van der Waals surface area contributed by atoms with Crippen molar-refractivity contribution in [1.29, 1.82) is 0 Å². The van der Waals surface area contributed by atoms with E-state index < -0.39 is 17.6 Å². The van der Waals surface area contributed by atoms with Crippen molar-refractivity contribution in [2.24, 2.45) is 11.8 Å². The molecule has 3 aromatic carbocycles. The van der Waals surface area contributed by atoms with Crippen molar-refractivity contribution < 1.29 is 33.3 Å². The molecule has 0 aromatic heterocycles. The molecule has 4 unspecified atom stereocenters. The van der Waals surface area contributed by atoms with Crippen LogP contribution in [0.4, 0.5) is 4.79 Å². The first-order valence-electron chi connectivity index (χ1n) is 20.5. The molecule has 4 atom stereocenters. The molecule has 2 saturated carbocycles. The summed E-state index contributed by atoms with van der Waals surface area (Å²) < 4.78 is 23.0. The summed E-state index contributed by atoms with van der Waals surface area (Å²) in [4.78, 5) is 44.2. The molecule has 1 heterocycles. The molecule has 2 aliphatic carbocycles. The number of amides is 2. The van der Waals surface area contributed by atoms with Crippen LogP contribution in [-0.2, 0) is 32.2 Å². The van der Waals surface area contributed by atoms with Crippen LogP contribution in [0.3, 0.4) is 0 Å². The number of aryl methyl sites for hydroxylation is 1. The molecule has 314 valence electrons. The Labute approximate surface area is 357 Å². The molecule has 1 saturated heterocycles. The summed E-state index contributed by atoms with van der Waals surface area (Å²) in [6, 6.07) is 17.5. The van der Waals surface area contributed by atoms with Crippen LogP contribution < -0.4 is 14.8 Å². The Kier molecular flexibility index (Phi) is 14.8. The molecule has 10 nitrogen and oxygen atoms in total. The van der Waals surface area contributed by atoms with Gasteiger partial charge < -0.3 is 34.1 Å². The molecule has 0 spiro atoms. The maximum atomic E-state index is 14.9. The maximum absolute atomic E-state index is 14.9. The van der Waals surface area contributed by atoms with E-state index in [0.29, 0.717) is 59.2 Å². The van der Waals surface area contributed by atoms with Crippen molar-refractivity contribution in [3.05, 3.63) is 91.9 Å². The minimum absolute atomic E-state index is 0.00587. The molecule has 2 amide bonds. The number of halogens is 3. The van der Waals surface area contributed by atoms with E-state index in [9.17, 15) is 14.4 Å². The third-order valence-corrected chi connectivity index (χ3v) is 11.7. The number of ether oxygens (including phenoxy) is 4. The number of nitrogens with zero attached hydrogens (tertiary/aromatic N) is 2. The average Bonchev–Trinajstić information content (AvgIpc) is 4.12.